The molecule has 0 spiro atoms. The molecule has 0 saturated heterocycles. The van der Waals surface area contributed by atoms with Gasteiger partial charge in [-0.2, -0.15) is 5.10 Å². The number of nitrogens with zero attached hydrogens (tertiary/aromatic N) is 1. The molecule has 0 fully saturated rings. The first-order valence-electron chi connectivity index (χ1n) is 7.53. The summed E-state index contributed by atoms with van der Waals surface area (Å²) in [6.07, 6.45) is 1.55. The molecule has 0 aliphatic carbocycles. The number of amides is 1. The van der Waals surface area contributed by atoms with Crippen molar-refractivity contribution in [1.29, 1.82) is 0 Å². The molecule has 0 aromatic heterocycles. The maximum absolute atomic E-state index is 11.8. The van der Waals surface area contributed by atoms with E-state index in [1.54, 1.807) is 25.5 Å². The van der Waals surface area contributed by atoms with Crippen molar-refractivity contribution in [2.24, 2.45) is 5.10 Å². The smallest absolute Gasteiger partial charge is 0.277 e. The van der Waals surface area contributed by atoms with Crippen molar-refractivity contribution in [3.8, 4) is 17.2 Å². The van der Waals surface area contributed by atoms with Crippen LogP contribution in [0.25, 0.3) is 0 Å². The second-order valence-corrected chi connectivity index (χ2v) is 4.73. The molecule has 2 rings (SSSR count). The molecule has 0 saturated carbocycles. The van der Waals surface area contributed by atoms with Gasteiger partial charge >= 0.3 is 0 Å². The second kappa shape index (κ2) is 9.19. The number of rotatable bonds is 8. The zero-order chi connectivity index (χ0) is 17.2. The van der Waals surface area contributed by atoms with Crippen LogP contribution in [0.3, 0.4) is 0 Å². The Balaban J connectivity index is 1.82. The van der Waals surface area contributed by atoms with Crippen molar-refractivity contribution in [2.75, 3.05) is 20.3 Å². The Morgan fingerprint density at radius 1 is 1.08 bits per heavy atom. The number of ether oxygens (including phenoxy) is 3. The van der Waals surface area contributed by atoms with Crippen molar-refractivity contribution >= 4 is 12.1 Å². The Labute approximate surface area is 141 Å². The summed E-state index contributed by atoms with van der Waals surface area (Å²) in [5.41, 5.74) is 3.26. The topological polar surface area (TPSA) is 69.2 Å². The lowest BCUT2D eigenvalue weighted by Gasteiger charge is -2.10. The maximum atomic E-state index is 11.8. The number of carbonyl (C=O) groups excluding carboxylic acids is 1. The highest BCUT2D eigenvalue weighted by molar-refractivity contribution is 5.83. The van der Waals surface area contributed by atoms with Crippen LogP contribution in [0.5, 0.6) is 17.2 Å². The third kappa shape index (κ3) is 5.31. The number of carbonyl (C=O) groups is 1. The van der Waals surface area contributed by atoms with E-state index in [4.69, 9.17) is 14.2 Å². The Hall–Kier alpha value is -3.02. The summed E-state index contributed by atoms with van der Waals surface area (Å²) >= 11 is 0. The first-order chi connectivity index (χ1) is 11.7. The molecule has 6 heteroatoms. The summed E-state index contributed by atoms with van der Waals surface area (Å²) in [6.45, 7) is 2.26. The number of hydrazone groups is 1. The molecule has 0 radical (unpaired) electrons. The van der Waals surface area contributed by atoms with Crippen molar-refractivity contribution in [1.82, 2.24) is 5.43 Å². The number of nitrogens with one attached hydrogen (secondary N) is 1. The fraction of sp³-hybridized carbons (Fsp3) is 0.222. The van der Waals surface area contributed by atoms with E-state index in [0.717, 1.165) is 11.3 Å². The predicted molar refractivity (Wildman–Crippen MR) is 91.8 cm³/mol. The normalized spacial score (nSPS) is 10.4. The summed E-state index contributed by atoms with van der Waals surface area (Å²) in [4.78, 5) is 11.8. The zero-order valence-electron chi connectivity index (χ0n) is 13.7. The van der Waals surface area contributed by atoms with Crippen LogP contribution in [0.1, 0.15) is 12.5 Å². The van der Waals surface area contributed by atoms with E-state index in [-0.39, 0.29) is 12.5 Å². The molecule has 0 aliphatic heterocycles. The highest BCUT2D eigenvalue weighted by Gasteiger charge is 2.06. The van der Waals surface area contributed by atoms with Gasteiger partial charge in [0, 0.05) is 0 Å². The number of benzene rings is 2. The molecule has 1 amide bonds. The van der Waals surface area contributed by atoms with Crippen LogP contribution in [0.15, 0.2) is 53.6 Å². The van der Waals surface area contributed by atoms with Gasteiger partial charge in [-0.05, 0) is 48.9 Å². The minimum absolute atomic E-state index is 0.149. The molecule has 6 nitrogen and oxygen atoms in total. The summed E-state index contributed by atoms with van der Waals surface area (Å²) < 4.78 is 16.0. The van der Waals surface area contributed by atoms with Gasteiger partial charge < -0.3 is 14.2 Å². The van der Waals surface area contributed by atoms with Crippen molar-refractivity contribution in [3.05, 3.63) is 54.1 Å². The number of hydrogen-bond donors (Lipinski definition) is 1. The van der Waals surface area contributed by atoms with Gasteiger partial charge in [0.15, 0.2) is 18.1 Å². The lowest BCUT2D eigenvalue weighted by atomic mass is 10.2. The zero-order valence-corrected chi connectivity index (χ0v) is 13.7. The third-order valence-electron chi connectivity index (χ3n) is 3.03. The molecule has 0 heterocycles. The molecule has 2 aromatic rings. The quantitative estimate of drug-likeness (QED) is 0.597. The minimum atomic E-state index is -0.355. The number of hydrogen-bond acceptors (Lipinski definition) is 5. The van der Waals surface area contributed by atoms with E-state index in [9.17, 15) is 4.79 Å². The molecule has 1 N–H and O–H groups in total. The van der Waals surface area contributed by atoms with Crippen LogP contribution >= 0.6 is 0 Å². The van der Waals surface area contributed by atoms with Gasteiger partial charge in [0.25, 0.3) is 5.91 Å². The van der Waals surface area contributed by atoms with Crippen molar-refractivity contribution in [2.45, 2.75) is 6.92 Å². The van der Waals surface area contributed by atoms with Crippen molar-refractivity contribution in [3.63, 3.8) is 0 Å². The monoisotopic (exact) mass is 328 g/mol. The lowest BCUT2D eigenvalue weighted by molar-refractivity contribution is -0.123. The van der Waals surface area contributed by atoms with Gasteiger partial charge in [-0.15, -0.1) is 0 Å². The Morgan fingerprint density at radius 2 is 1.75 bits per heavy atom. The molecular formula is C18H20N2O4. The molecule has 0 aliphatic rings. The molecule has 2 aromatic carbocycles. The van der Waals surface area contributed by atoms with E-state index in [2.05, 4.69) is 10.5 Å². The van der Waals surface area contributed by atoms with Crippen LogP contribution in [0.4, 0.5) is 0 Å². The van der Waals surface area contributed by atoms with E-state index >= 15 is 0 Å². The van der Waals surface area contributed by atoms with E-state index in [1.807, 2.05) is 43.3 Å². The first kappa shape index (κ1) is 17.3. The fourth-order valence-electron chi connectivity index (χ4n) is 1.89. The molecule has 24 heavy (non-hydrogen) atoms. The van der Waals surface area contributed by atoms with Crippen LogP contribution in [-0.2, 0) is 4.79 Å². The molecule has 0 atom stereocenters. The van der Waals surface area contributed by atoms with Gasteiger partial charge in [0.2, 0.25) is 0 Å². The minimum Gasteiger partial charge on any atom is -0.497 e. The fourth-order valence-corrected chi connectivity index (χ4v) is 1.89. The van der Waals surface area contributed by atoms with Gasteiger partial charge in [-0.3, -0.25) is 4.79 Å². The molecular weight excluding hydrogens is 308 g/mol. The van der Waals surface area contributed by atoms with Crippen LogP contribution in [0, 0.1) is 0 Å². The standard InChI is InChI=1S/C18H20N2O4/c1-3-23-16-6-4-5-7-17(16)24-13-18(21)20-19-12-14-8-10-15(22-2)11-9-14/h4-12H,3,13H2,1-2H3,(H,20,21)/b19-12+. The van der Waals surface area contributed by atoms with E-state index in [1.165, 1.54) is 0 Å². The Bertz CT molecular complexity index is 684. The summed E-state index contributed by atoms with van der Waals surface area (Å²) in [6, 6.07) is 14.5. The van der Waals surface area contributed by atoms with Crippen LogP contribution in [0.2, 0.25) is 0 Å². The van der Waals surface area contributed by atoms with E-state index < -0.39 is 0 Å². The summed E-state index contributed by atoms with van der Waals surface area (Å²) in [5, 5.41) is 3.89. The highest BCUT2D eigenvalue weighted by Crippen LogP contribution is 2.26. The maximum Gasteiger partial charge on any atom is 0.277 e. The molecule has 0 bridgehead atoms. The van der Waals surface area contributed by atoms with Gasteiger partial charge in [0.05, 0.1) is 19.9 Å². The molecule has 126 valence electrons. The molecule has 0 unspecified atom stereocenters. The SMILES string of the molecule is CCOc1ccccc1OCC(=O)N/N=C/c1ccc(OC)cc1. The predicted octanol–water partition coefficient (Wildman–Crippen LogP) is 2.62. The Morgan fingerprint density at radius 3 is 2.38 bits per heavy atom. The van der Waals surface area contributed by atoms with Gasteiger partial charge in [-0.1, -0.05) is 12.1 Å². The Kier molecular flexibility index (Phi) is 6.64. The summed E-state index contributed by atoms with van der Waals surface area (Å²) in [5.74, 6) is 1.53. The highest BCUT2D eigenvalue weighted by atomic mass is 16.5. The van der Waals surface area contributed by atoms with Crippen LogP contribution < -0.4 is 19.6 Å². The van der Waals surface area contributed by atoms with Gasteiger partial charge in [0.1, 0.15) is 5.75 Å². The van der Waals surface area contributed by atoms with Gasteiger partial charge in [-0.25, -0.2) is 5.43 Å². The largest absolute Gasteiger partial charge is 0.497 e. The number of para-hydroxylation sites is 2. The average molecular weight is 328 g/mol. The first-order valence-corrected chi connectivity index (χ1v) is 7.53. The lowest BCUT2D eigenvalue weighted by Crippen LogP contribution is -2.24. The van der Waals surface area contributed by atoms with E-state index in [0.29, 0.717) is 18.1 Å². The van der Waals surface area contributed by atoms with Crippen LogP contribution in [-0.4, -0.2) is 32.4 Å². The van der Waals surface area contributed by atoms with Crippen molar-refractivity contribution < 1.29 is 19.0 Å². The number of methoxy groups -OCH3 is 1. The third-order valence-corrected chi connectivity index (χ3v) is 3.03. The second-order valence-electron chi connectivity index (χ2n) is 4.73. The summed E-state index contributed by atoms with van der Waals surface area (Å²) in [7, 11) is 1.60. The average Bonchev–Trinajstić information content (AvgIpc) is 2.62.